The van der Waals surface area contributed by atoms with Crippen LogP contribution in [-0.2, 0) is 0 Å². The molecule has 2 nitrogen and oxygen atoms in total. The van der Waals surface area contributed by atoms with Crippen molar-refractivity contribution in [2.45, 2.75) is 45.3 Å². The van der Waals surface area contributed by atoms with Gasteiger partial charge in [0.25, 0.3) is 0 Å². The van der Waals surface area contributed by atoms with E-state index < -0.39 is 6.10 Å². The second kappa shape index (κ2) is 6.35. The zero-order valence-electron chi connectivity index (χ0n) is 11.5. The molecule has 0 aliphatic heterocycles. The highest BCUT2D eigenvalue weighted by Gasteiger charge is 2.25. The topological polar surface area (TPSA) is 32.3 Å². The van der Waals surface area contributed by atoms with Gasteiger partial charge in [-0.3, -0.25) is 0 Å². The van der Waals surface area contributed by atoms with Crippen molar-refractivity contribution in [2.24, 2.45) is 11.8 Å². The maximum atomic E-state index is 10.1. The number of aliphatic hydroxyl groups excluding tert-OH is 1. The van der Waals surface area contributed by atoms with Gasteiger partial charge < -0.3 is 10.4 Å². The van der Waals surface area contributed by atoms with Crippen LogP contribution >= 0.6 is 0 Å². The average Bonchev–Trinajstić information content (AvgIpc) is 2.40. The first-order valence-corrected chi connectivity index (χ1v) is 7.13. The van der Waals surface area contributed by atoms with Gasteiger partial charge in [-0.1, -0.05) is 50.6 Å². The summed E-state index contributed by atoms with van der Waals surface area (Å²) in [6.45, 7) is 5.30. The molecule has 1 aromatic rings. The molecule has 1 saturated carbocycles. The summed E-state index contributed by atoms with van der Waals surface area (Å²) in [4.78, 5) is 0. The molecule has 18 heavy (non-hydrogen) atoms. The summed E-state index contributed by atoms with van der Waals surface area (Å²) in [7, 11) is 0. The zero-order valence-corrected chi connectivity index (χ0v) is 11.5. The largest absolute Gasteiger partial charge is 0.387 e. The van der Waals surface area contributed by atoms with Crippen LogP contribution in [0.2, 0.25) is 0 Å². The summed E-state index contributed by atoms with van der Waals surface area (Å²) in [6, 6.07) is 10.5. The number of nitrogens with one attached hydrogen (secondary N) is 1. The van der Waals surface area contributed by atoms with Crippen molar-refractivity contribution in [1.29, 1.82) is 0 Å². The van der Waals surface area contributed by atoms with Crippen molar-refractivity contribution in [1.82, 2.24) is 5.32 Å². The number of aliphatic hydroxyl groups is 1. The summed E-state index contributed by atoms with van der Waals surface area (Å²) in [5.41, 5.74) is 1.00. The Morgan fingerprint density at radius 1 is 1.22 bits per heavy atom. The van der Waals surface area contributed by atoms with Gasteiger partial charge in [0, 0.05) is 12.6 Å². The van der Waals surface area contributed by atoms with E-state index >= 15 is 0 Å². The Morgan fingerprint density at radius 2 is 1.94 bits per heavy atom. The summed E-state index contributed by atoms with van der Waals surface area (Å²) in [5.74, 6) is 1.54. The van der Waals surface area contributed by atoms with E-state index in [0.29, 0.717) is 12.6 Å². The Labute approximate surface area is 110 Å². The van der Waals surface area contributed by atoms with Crippen LogP contribution in [-0.4, -0.2) is 17.7 Å². The van der Waals surface area contributed by atoms with Gasteiger partial charge in [0.15, 0.2) is 0 Å². The average molecular weight is 247 g/mol. The molecule has 4 atom stereocenters. The minimum absolute atomic E-state index is 0.393. The summed E-state index contributed by atoms with van der Waals surface area (Å²) >= 11 is 0. The van der Waals surface area contributed by atoms with Gasteiger partial charge >= 0.3 is 0 Å². The molecule has 0 saturated heterocycles. The molecular formula is C16H25NO. The predicted octanol–water partition coefficient (Wildman–Crippen LogP) is 3.13. The minimum Gasteiger partial charge on any atom is -0.387 e. The van der Waals surface area contributed by atoms with Gasteiger partial charge in [-0.25, -0.2) is 0 Å². The van der Waals surface area contributed by atoms with Crippen molar-refractivity contribution < 1.29 is 5.11 Å². The first-order chi connectivity index (χ1) is 8.66. The third kappa shape index (κ3) is 3.56. The zero-order chi connectivity index (χ0) is 13.0. The van der Waals surface area contributed by atoms with E-state index in [4.69, 9.17) is 0 Å². The maximum Gasteiger partial charge on any atom is 0.0914 e. The van der Waals surface area contributed by atoms with E-state index in [1.54, 1.807) is 0 Å². The van der Waals surface area contributed by atoms with Crippen LogP contribution in [0.5, 0.6) is 0 Å². The molecule has 2 heteroatoms. The SMILES string of the molecule is CC1CCC(C)C(NCC(O)c2ccccc2)C1. The van der Waals surface area contributed by atoms with E-state index in [2.05, 4.69) is 19.2 Å². The van der Waals surface area contributed by atoms with Crippen LogP contribution in [0.3, 0.4) is 0 Å². The normalized spacial score (nSPS) is 30.1. The monoisotopic (exact) mass is 247 g/mol. The molecule has 0 heterocycles. The predicted molar refractivity (Wildman–Crippen MR) is 75.4 cm³/mol. The summed E-state index contributed by atoms with van der Waals surface area (Å²) in [6.07, 6.45) is 3.50. The Bertz CT molecular complexity index is 351. The van der Waals surface area contributed by atoms with E-state index in [9.17, 15) is 5.11 Å². The first-order valence-electron chi connectivity index (χ1n) is 7.13. The molecule has 0 spiro atoms. The molecule has 1 aromatic carbocycles. The molecule has 4 unspecified atom stereocenters. The van der Waals surface area contributed by atoms with Gasteiger partial charge in [0.1, 0.15) is 0 Å². The van der Waals surface area contributed by atoms with Crippen molar-refractivity contribution >= 4 is 0 Å². The van der Waals surface area contributed by atoms with E-state index in [0.717, 1.165) is 17.4 Å². The smallest absolute Gasteiger partial charge is 0.0914 e. The third-order valence-corrected chi connectivity index (χ3v) is 4.22. The fourth-order valence-corrected chi connectivity index (χ4v) is 2.87. The van der Waals surface area contributed by atoms with E-state index in [1.807, 2.05) is 30.3 Å². The Balaban J connectivity index is 1.83. The molecule has 1 fully saturated rings. The molecule has 100 valence electrons. The molecule has 1 aliphatic carbocycles. The van der Waals surface area contributed by atoms with Crippen molar-refractivity contribution in [2.75, 3.05) is 6.54 Å². The number of rotatable bonds is 4. The van der Waals surface area contributed by atoms with Crippen LogP contribution < -0.4 is 5.32 Å². The van der Waals surface area contributed by atoms with Crippen molar-refractivity contribution in [3.05, 3.63) is 35.9 Å². The quantitative estimate of drug-likeness (QED) is 0.856. The standard InChI is InChI=1S/C16H25NO/c1-12-8-9-13(2)15(10-12)17-11-16(18)14-6-4-3-5-7-14/h3-7,12-13,15-18H,8-11H2,1-2H3. The van der Waals surface area contributed by atoms with Gasteiger partial charge in [-0.2, -0.15) is 0 Å². The van der Waals surface area contributed by atoms with Crippen LogP contribution in [0.1, 0.15) is 44.8 Å². The molecule has 0 bridgehead atoms. The molecule has 1 aliphatic rings. The van der Waals surface area contributed by atoms with Gasteiger partial charge in [-0.05, 0) is 30.2 Å². The number of benzene rings is 1. The lowest BCUT2D eigenvalue weighted by Gasteiger charge is -2.34. The lowest BCUT2D eigenvalue weighted by atomic mass is 9.80. The molecule has 2 N–H and O–H groups in total. The van der Waals surface area contributed by atoms with E-state index in [1.165, 1.54) is 19.3 Å². The summed E-state index contributed by atoms with van der Waals surface area (Å²) in [5, 5.41) is 13.7. The van der Waals surface area contributed by atoms with Crippen LogP contribution in [0.15, 0.2) is 30.3 Å². The molecule has 2 rings (SSSR count). The van der Waals surface area contributed by atoms with Crippen molar-refractivity contribution in [3.8, 4) is 0 Å². The molecule has 0 radical (unpaired) electrons. The maximum absolute atomic E-state index is 10.1. The first kappa shape index (κ1) is 13.6. The lowest BCUT2D eigenvalue weighted by molar-refractivity contribution is 0.150. The second-order valence-electron chi connectivity index (χ2n) is 5.84. The fourth-order valence-electron chi connectivity index (χ4n) is 2.87. The fraction of sp³-hybridized carbons (Fsp3) is 0.625. The molecule has 0 amide bonds. The Morgan fingerprint density at radius 3 is 2.67 bits per heavy atom. The highest BCUT2D eigenvalue weighted by molar-refractivity contribution is 5.17. The molecular weight excluding hydrogens is 222 g/mol. The second-order valence-corrected chi connectivity index (χ2v) is 5.84. The Hall–Kier alpha value is -0.860. The highest BCUT2D eigenvalue weighted by atomic mass is 16.3. The Kier molecular flexibility index (Phi) is 4.79. The van der Waals surface area contributed by atoms with Gasteiger partial charge in [0.05, 0.1) is 6.10 Å². The van der Waals surface area contributed by atoms with Gasteiger partial charge in [0.2, 0.25) is 0 Å². The van der Waals surface area contributed by atoms with Crippen molar-refractivity contribution in [3.63, 3.8) is 0 Å². The van der Waals surface area contributed by atoms with E-state index in [-0.39, 0.29) is 0 Å². The third-order valence-electron chi connectivity index (χ3n) is 4.22. The minimum atomic E-state index is -0.393. The van der Waals surface area contributed by atoms with Crippen LogP contribution in [0, 0.1) is 11.8 Å². The lowest BCUT2D eigenvalue weighted by Crippen LogP contribution is -2.41. The number of hydrogen-bond donors (Lipinski definition) is 2. The summed E-state index contributed by atoms with van der Waals surface area (Å²) < 4.78 is 0. The number of hydrogen-bond acceptors (Lipinski definition) is 2. The van der Waals surface area contributed by atoms with Crippen LogP contribution in [0.4, 0.5) is 0 Å². The van der Waals surface area contributed by atoms with Gasteiger partial charge in [-0.15, -0.1) is 0 Å². The van der Waals surface area contributed by atoms with Crippen LogP contribution in [0.25, 0.3) is 0 Å². The molecule has 0 aromatic heterocycles. The highest BCUT2D eigenvalue weighted by Crippen LogP contribution is 2.28.